The van der Waals surface area contributed by atoms with Gasteiger partial charge >= 0.3 is 18.1 Å². The highest BCUT2D eigenvalue weighted by Gasteiger charge is 2.39. The number of cyclic esters (lactones) is 2. The highest BCUT2D eigenvalue weighted by molar-refractivity contribution is 6.36. The van der Waals surface area contributed by atoms with Crippen molar-refractivity contribution in [3.8, 4) is 0 Å². The molecule has 130 valence electrons. The summed E-state index contributed by atoms with van der Waals surface area (Å²) in [6.07, 6.45) is -3.88. The van der Waals surface area contributed by atoms with Gasteiger partial charge in [-0.3, -0.25) is 0 Å². The first-order chi connectivity index (χ1) is 10.9. The van der Waals surface area contributed by atoms with Gasteiger partial charge in [-0.1, -0.05) is 23.2 Å². The zero-order valence-electron chi connectivity index (χ0n) is 12.3. The molecule has 5 nitrogen and oxygen atoms in total. The average Bonchev–Trinajstić information content (AvgIpc) is 2.38. The van der Waals surface area contributed by atoms with Gasteiger partial charge in [0.25, 0.3) is 5.79 Å². The molecule has 0 bridgehead atoms. The Morgan fingerprint density at radius 1 is 1.12 bits per heavy atom. The van der Waals surface area contributed by atoms with Crippen LogP contribution in [0.3, 0.4) is 0 Å². The molecule has 1 N–H and O–H groups in total. The van der Waals surface area contributed by atoms with E-state index >= 15 is 0 Å². The Kier molecular flexibility index (Phi) is 4.74. The summed E-state index contributed by atoms with van der Waals surface area (Å²) in [5.41, 5.74) is -1.93. The van der Waals surface area contributed by atoms with Gasteiger partial charge in [-0.2, -0.15) is 13.2 Å². The van der Waals surface area contributed by atoms with Gasteiger partial charge in [0.2, 0.25) is 0 Å². The fourth-order valence-electron chi connectivity index (χ4n) is 1.83. The molecule has 1 aromatic rings. The molecule has 0 saturated carbocycles. The summed E-state index contributed by atoms with van der Waals surface area (Å²) in [5, 5.41) is 1.45. The van der Waals surface area contributed by atoms with E-state index < -0.39 is 40.1 Å². The van der Waals surface area contributed by atoms with E-state index in [1.807, 2.05) is 0 Å². The predicted molar refractivity (Wildman–Crippen MR) is 79.4 cm³/mol. The number of carbonyl (C=O) groups is 2. The Morgan fingerprint density at radius 3 is 2.17 bits per heavy atom. The van der Waals surface area contributed by atoms with Crippen molar-refractivity contribution in [2.75, 3.05) is 5.32 Å². The second-order valence-electron chi connectivity index (χ2n) is 5.19. The summed E-state index contributed by atoms with van der Waals surface area (Å²) in [7, 11) is 0. The topological polar surface area (TPSA) is 64.6 Å². The molecule has 1 aliphatic rings. The molecule has 2 rings (SSSR count). The van der Waals surface area contributed by atoms with Crippen LogP contribution in [0.2, 0.25) is 10.0 Å². The monoisotopic (exact) mass is 383 g/mol. The lowest BCUT2D eigenvalue weighted by atomic mass is 10.2. The zero-order valence-corrected chi connectivity index (χ0v) is 13.8. The van der Waals surface area contributed by atoms with Crippen LogP contribution >= 0.6 is 23.2 Å². The summed E-state index contributed by atoms with van der Waals surface area (Å²) in [6.45, 7) is 2.72. The molecular weight excluding hydrogens is 374 g/mol. The molecule has 0 aromatic heterocycles. The number of esters is 2. The van der Waals surface area contributed by atoms with Crippen molar-refractivity contribution in [1.29, 1.82) is 0 Å². The average molecular weight is 384 g/mol. The highest BCUT2D eigenvalue weighted by atomic mass is 35.5. The van der Waals surface area contributed by atoms with Gasteiger partial charge in [-0.15, -0.1) is 0 Å². The molecule has 0 spiro atoms. The van der Waals surface area contributed by atoms with Crippen molar-refractivity contribution in [2.24, 2.45) is 0 Å². The summed E-state index contributed by atoms with van der Waals surface area (Å²) >= 11 is 11.3. The molecule has 24 heavy (non-hydrogen) atoms. The van der Waals surface area contributed by atoms with Crippen LogP contribution in [-0.2, 0) is 25.2 Å². The maximum atomic E-state index is 12.9. The van der Waals surface area contributed by atoms with Crippen molar-refractivity contribution >= 4 is 40.8 Å². The quantitative estimate of drug-likeness (QED) is 0.472. The molecule has 0 aliphatic carbocycles. The van der Waals surface area contributed by atoms with Crippen LogP contribution in [0, 0.1) is 0 Å². The summed E-state index contributed by atoms with van der Waals surface area (Å²) in [6, 6.07) is 1.77. The van der Waals surface area contributed by atoms with Crippen LogP contribution in [0.4, 0.5) is 18.9 Å². The van der Waals surface area contributed by atoms with Crippen LogP contribution in [0.15, 0.2) is 23.9 Å². The van der Waals surface area contributed by atoms with Gasteiger partial charge in [0.15, 0.2) is 5.57 Å². The number of hydrogen-bond acceptors (Lipinski definition) is 5. The normalized spacial score (nSPS) is 17.2. The third-order valence-corrected chi connectivity index (χ3v) is 3.46. The Labute approximate surface area is 144 Å². The van der Waals surface area contributed by atoms with Gasteiger partial charge in [-0.25, -0.2) is 9.59 Å². The first kappa shape index (κ1) is 18.4. The van der Waals surface area contributed by atoms with Crippen LogP contribution in [0.25, 0.3) is 0 Å². The number of hydrogen-bond donors (Lipinski definition) is 1. The lowest BCUT2D eigenvalue weighted by molar-refractivity contribution is -0.222. The largest absolute Gasteiger partial charge is 0.419 e. The van der Waals surface area contributed by atoms with E-state index in [2.05, 4.69) is 5.32 Å². The fraction of sp³-hybridized carbons (Fsp3) is 0.286. The molecule has 1 fully saturated rings. The Morgan fingerprint density at radius 2 is 1.67 bits per heavy atom. The molecule has 10 heteroatoms. The van der Waals surface area contributed by atoms with Crippen molar-refractivity contribution < 1.29 is 32.2 Å². The minimum Gasteiger partial charge on any atom is -0.419 e. The van der Waals surface area contributed by atoms with E-state index in [1.165, 1.54) is 13.8 Å². The van der Waals surface area contributed by atoms with Gasteiger partial charge < -0.3 is 14.8 Å². The Balaban J connectivity index is 2.34. The number of halogens is 5. The SMILES string of the molecule is CC1(C)OC(=O)C(=CNc2cc(Cl)cc(C(F)(F)F)c2Cl)C(=O)O1. The number of alkyl halides is 3. The van der Waals surface area contributed by atoms with Crippen LogP contribution in [0.1, 0.15) is 19.4 Å². The summed E-state index contributed by atoms with van der Waals surface area (Å²) in [4.78, 5) is 23.5. The van der Waals surface area contributed by atoms with Gasteiger partial charge in [0.05, 0.1) is 16.3 Å². The maximum absolute atomic E-state index is 12.9. The number of anilines is 1. The standard InChI is InChI=1S/C14H10Cl2F3NO4/c1-13(2)23-11(21)7(12(22)24-13)5-20-9-4-6(15)3-8(10(9)16)14(17,18)19/h3-5,20H,1-2H3. The van der Waals surface area contributed by atoms with Crippen molar-refractivity contribution in [3.63, 3.8) is 0 Å². The van der Waals surface area contributed by atoms with E-state index in [0.29, 0.717) is 6.07 Å². The lowest BCUT2D eigenvalue weighted by Gasteiger charge is -2.29. The van der Waals surface area contributed by atoms with Crippen LogP contribution in [0.5, 0.6) is 0 Å². The predicted octanol–water partition coefficient (Wildman–Crippen LogP) is 4.14. The Bertz CT molecular complexity index is 722. The van der Waals surface area contributed by atoms with Crippen LogP contribution < -0.4 is 5.32 Å². The lowest BCUT2D eigenvalue weighted by Crippen LogP contribution is -2.42. The van der Waals surface area contributed by atoms with E-state index in [4.69, 9.17) is 32.7 Å². The van der Waals surface area contributed by atoms with E-state index in [-0.39, 0.29) is 10.7 Å². The first-order valence-electron chi connectivity index (χ1n) is 6.40. The molecule has 1 heterocycles. The van der Waals surface area contributed by atoms with Gasteiger partial charge in [-0.05, 0) is 12.1 Å². The van der Waals surface area contributed by atoms with E-state index in [1.54, 1.807) is 0 Å². The maximum Gasteiger partial charge on any atom is 0.417 e. The van der Waals surface area contributed by atoms with Crippen molar-refractivity contribution in [1.82, 2.24) is 0 Å². The first-order valence-corrected chi connectivity index (χ1v) is 7.16. The van der Waals surface area contributed by atoms with Crippen molar-refractivity contribution in [2.45, 2.75) is 25.8 Å². The molecular formula is C14H10Cl2F3NO4. The molecule has 1 saturated heterocycles. The van der Waals surface area contributed by atoms with Crippen molar-refractivity contribution in [3.05, 3.63) is 39.5 Å². The second-order valence-corrected chi connectivity index (χ2v) is 6.01. The summed E-state index contributed by atoms with van der Waals surface area (Å²) < 4.78 is 48.3. The van der Waals surface area contributed by atoms with E-state index in [9.17, 15) is 22.8 Å². The number of rotatable bonds is 2. The number of ether oxygens (including phenoxy) is 2. The number of nitrogens with one attached hydrogen (secondary N) is 1. The smallest absolute Gasteiger partial charge is 0.417 e. The zero-order chi connectivity index (χ0) is 18.3. The minimum absolute atomic E-state index is 0.234. The number of benzene rings is 1. The molecule has 1 aromatic carbocycles. The van der Waals surface area contributed by atoms with Gasteiger partial charge in [0.1, 0.15) is 0 Å². The van der Waals surface area contributed by atoms with E-state index in [0.717, 1.165) is 12.3 Å². The molecule has 0 radical (unpaired) electrons. The minimum atomic E-state index is -4.72. The molecule has 0 atom stereocenters. The highest BCUT2D eigenvalue weighted by Crippen LogP contribution is 2.40. The van der Waals surface area contributed by atoms with Gasteiger partial charge in [0, 0.05) is 25.1 Å². The third kappa shape index (κ3) is 3.93. The molecule has 1 aliphatic heterocycles. The second kappa shape index (κ2) is 6.18. The third-order valence-electron chi connectivity index (χ3n) is 2.83. The Hall–Kier alpha value is -1.93. The van der Waals surface area contributed by atoms with Crippen LogP contribution in [-0.4, -0.2) is 17.7 Å². The molecule has 0 amide bonds. The fourth-order valence-corrected chi connectivity index (χ4v) is 2.32. The summed E-state index contributed by atoms with van der Waals surface area (Å²) in [5.74, 6) is -3.40. The number of carbonyl (C=O) groups excluding carboxylic acids is 2. The molecule has 0 unspecified atom stereocenters.